The Kier molecular flexibility index (Phi) is 3.11. The minimum atomic E-state index is -0.977. The minimum absolute atomic E-state index is 0.280. The maximum Gasteiger partial charge on any atom is 0.137 e. The fourth-order valence-corrected chi connectivity index (χ4v) is 2.96. The van der Waals surface area contributed by atoms with E-state index < -0.39 is 5.60 Å². The van der Waals surface area contributed by atoms with Crippen molar-refractivity contribution in [2.24, 2.45) is 0 Å². The molecule has 0 atom stereocenters. The first-order valence-electron chi connectivity index (χ1n) is 6.77. The largest absolute Gasteiger partial charge is 0.385 e. The third-order valence-corrected chi connectivity index (χ3v) is 4.02. The molecule has 1 N–H and O–H groups in total. The molecule has 98 valence electrons. The monoisotopic (exact) mass is 256 g/mol. The molecule has 0 heterocycles. The molecule has 1 fully saturated rings. The van der Waals surface area contributed by atoms with Gasteiger partial charge in [-0.15, -0.1) is 0 Å². The molecule has 2 heteroatoms. The van der Waals surface area contributed by atoms with E-state index in [1.54, 1.807) is 12.1 Å². The van der Waals surface area contributed by atoms with Gasteiger partial charge in [0.05, 0.1) is 5.60 Å². The molecule has 19 heavy (non-hydrogen) atoms. The Hall–Kier alpha value is -1.67. The van der Waals surface area contributed by atoms with Crippen LogP contribution < -0.4 is 0 Å². The SMILES string of the molecule is OC1(c2cccc(-c3ccccc3)c2F)CCCC1. The van der Waals surface area contributed by atoms with Crippen LogP contribution in [0.5, 0.6) is 0 Å². The Morgan fingerprint density at radius 3 is 2.26 bits per heavy atom. The number of aliphatic hydroxyl groups is 1. The lowest BCUT2D eigenvalue weighted by Gasteiger charge is -2.24. The summed E-state index contributed by atoms with van der Waals surface area (Å²) in [6.07, 6.45) is 3.24. The van der Waals surface area contributed by atoms with E-state index in [4.69, 9.17) is 0 Å². The molecule has 0 radical (unpaired) electrons. The molecule has 0 bridgehead atoms. The number of hydrogen-bond acceptors (Lipinski definition) is 1. The first-order chi connectivity index (χ1) is 9.21. The van der Waals surface area contributed by atoms with Gasteiger partial charge in [0.15, 0.2) is 0 Å². The van der Waals surface area contributed by atoms with Crippen LogP contribution in [0, 0.1) is 5.82 Å². The lowest BCUT2D eigenvalue weighted by molar-refractivity contribution is 0.0409. The highest BCUT2D eigenvalue weighted by Crippen LogP contribution is 2.41. The fraction of sp³-hybridized carbons (Fsp3) is 0.294. The van der Waals surface area contributed by atoms with E-state index in [0.717, 1.165) is 18.4 Å². The predicted molar refractivity (Wildman–Crippen MR) is 74.2 cm³/mol. The maximum atomic E-state index is 14.7. The first-order valence-corrected chi connectivity index (χ1v) is 6.77. The summed E-state index contributed by atoms with van der Waals surface area (Å²) in [6, 6.07) is 14.8. The second-order valence-electron chi connectivity index (χ2n) is 5.27. The number of rotatable bonds is 2. The van der Waals surface area contributed by atoms with Gasteiger partial charge in [-0.2, -0.15) is 0 Å². The molecule has 1 aliphatic carbocycles. The van der Waals surface area contributed by atoms with Crippen molar-refractivity contribution >= 4 is 0 Å². The molecule has 3 rings (SSSR count). The van der Waals surface area contributed by atoms with Gasteiger partial charge in [0.25, 0.3) is 0 Å². The molecule has 0 saturated heterocycles. The van der Waals surface area contributed by atoms with Gasteiger partial charge in [0.1, 0.15) is 5.82 Å². The number of halogens is 1. The molecule has 0 spiro atoms. The zero-order chi connectivity index (χ0) is 13.3. The Morgan fingerprint density at radius 1 is 0.895 bits per heavy atom. The van der Waals surface area contributed by atoms with E-state index in [9.17, 15) is 9.50 Å². The third-order valence-electron chi connectivity index (χ3n) is 4.02. The smallest absolute Gasteiger partial charge is 0.137 e. The van der Waals surface area contributed by atoms with Gasteiger partial charge in [0.2, 0.25) is 0 Å². The second-order valence-corrected chi connectivity index (χ2v) is 5.27. The molecule has 2 aromatic rings. The van der Waals surface area contributed by atoms with Crippen LogP contribution >= 0.6 is 0 Å². The van der Waals surface area contributed by atoms with Crippen molar-refractivity contribution in [3.63, 3.8) is 0 Å². The van der Waals surface area contributed by atoms with Gasteiger partial charge in [0, 0.05) is 11.1 Å². The molecular weight excluding hydrogens is 239 g/mol. The van der Waals surface area contributed by atoms with Crippen LogP contribution in [0.3, 0.4) is 0 Å². The summed E-state index contributed by atoms with van der Waals surface area (Å²) in [7, 11) is 0. The van der Waals surface area contributed by atoms with Gasteiger partial charge < -0.3 is 5.11 Å². The minimum Gasteiger partial charge on any atom is -0.385 e. The molecule has 1 saturated carbocycles. The van der Waals surface area contributed by atoms with Crippen molar-refractivity contribution in [2.45, 2.75) is 31.3 Å². The summed E-state index contributed by atoms with van der Waals surface area (Å²) in [5.41, 5.74) is 0.891. The van der Waals surface area contributed by atoms with E-state index in [0.29, 0.717) is 24.0 Å². The van der Waals surface area contributed by atoms with Crippen molar-refractivity contribution in [3.05, 3.63) is 59.9 Å². The second kappa shape index (κ2) is 4.78. The average Bonchev–Trinajstić information content (AvgIpc) is 2.88. The van der Waals surface area contributed by atoms with Gasteiger partial charge in [-0.05, 0) is 18.4 Å². The van der Waals surface area contributed by atoms with Crippen molar-refractivity contribution in [3.8, 4) is 11.1 Å². The number of hydrogen-bond donors (Lipinski definition) is 1. The lowest BCUT2D eigenvalue weighted by atomic mass is 9.89. The molecule has 0 aromatic heterocycles. The Morgan fingerprint density at radius 2 is 1.58 bits per heavy atom. The summed E-state index contributed by atoms with van der Waals surface area (Å²) in [4.78, 5) is 0. The van der Waals surface area contributed by atoms with Crippen LogP contribution in [-0.4, -0.2) is 5.11 Å². The van der Waals surface area contributed by atoms with Gasteiger partial charge in [-0.3, -0.25) is 0 Å². The zero-order valence-electron chi connectivity index (χ0n) is 10.8. The topological polar surface area (TPSA) is 20.2 Å². The number of benzene rings is 2. The Labute approximate surface area is 112 Å². The first kappa shape index (κ1) is 12.4. The fourth-order valence-electron chi connectivity index (χ4n) is 2.96. The van der Waals surface area contributed by atoms with Crippen LogP contribution in [0.2, 0.25) is 0 Å². The zero-order valence-corrected chi connectivity index (χ0v) is 10.8. The van der Waals surface area contributed by atoms with Crippen LogP contribution in [0.1, 0.15) is 31.2 Å². The Bertz CT molecular complexity index is 571. The van der Waals surface area contributed by atoms with Crippen molar-refractivity contribution < 1.29 is 9.50 Å². The summed E-state index contributed by atoms with van der Waals surface area (Å²) >= 11 is 0. The summed E-state index contributed by atoms with van der Waals surface area (Å²) in [5, 5.41) is 10.6. The summed E-state index contributed by atoms with van der Waals surface area (Å²) in [5.74, 6) is -0.280. The van der Waals surface area contributed by atoms with Gasteiger partial charge in [-0.1, -0.05) is 61.4 Å². The summed E-state index contributed by atoms with van der Waals surface area (Å²) in [6.45, 7) is 0. The predicted octanol–water partition coefficient (Wildman–Crippen LogP) is 4.25. The molecule has 0 amide bonds. The quantitative estimate of drug-likeness (QED) is 0.851. The van der Waals surface area contributed by atoms with Crippen molar-refractivity contribution in [2.75, 3.05) is 0 Å². The third kappa shape index (κ3) is 2.17. The van der Waals surface area contributed by atoms with E-state index in [1.807, 2.05) is 36.4 Å². The van der Waals surface area contributed by atoms with Crippen LogP contribution in [0.15, 0.2) is 48.5 Å². The van der Waals surface area contributed by atoms with E-state index in [2.05, 4.69) is 0 Å². The van der Waals surface area contributed by atoms with Gasteiger partial charge >= 0.3 is 0 Å². The van der Waals surface area contributed by atoms with Crippen LogP contribution in [0.4, 0.5) is 4.39 Å². The van der Waals surface area contributed by atoms with Crippen LogP contribution in [-0.2, 0) is 5.60 Å². The van der Waals surface area contributed by atoms with Gasteiger partial charge in [-0.25, -0.2) is 4.39 Å². The average molecular weight is 256 g/mol. The molecule has 1 aliphatic rings. The molecular formula is C17H17FO. The molecule has 1 nitrogen and oxygen atoms in total. The summed E-state index contributed by atoms with van der Waals surface area (Å²) < 4.78 is 14.7. The van der Waals surface area contributed by atoms with Crippen molar-refractivity contribution in [1.82, 2.24) is 0 Å². The van der Waals surface area contributed by atoms with E-state index in [-0.39, 0.29) is 5.82 Å². The normalized spacial score (nSPS) is 17.6. The molecule has 2 aromatic carbocycles. The lowest BCUT2D eigenvalue weighted by Crippen LogP contribution is -2.22. The Balaban J connectivity index is 2.09. The molecule has 0 unspecified atom stereocenters. The highest BCUT2D eigenvalue weighted by Gasteiger charge is 2.35. The maximum absolute atomic E-state index is 14.7. The highest BCUT2D eigenvalue weighted by molar-refractivity contribution is 5.65. The van der Waals surface area contributed by atoms with Crippen molar-refractivity contribution in [1.29, 1.82) is 0 Å². The standard InChI is InChI=1S/C17H17FO/c18-16-14(13-7-2-1-3-8-13)9-6-10-15(16)17(19)11-4-5-12-17/h1-3,6-10,19H,4-5,11-12H2. The molecule has 0 aliphatic heterocycles. The highest BCUT2D eigenvalue weighted by atomic mass is 19.1. The van der Waals surface area contributed by atoms with E-state index in [1.165, 1.54) is 0 Å². The van der Waals surface area contributed by atoms with E-state index >= 15 is 0 Å². The van der Waals surface area contributed by atoms with Crippen LogP contribution in [0.25, 0.3) is 11.1 Å².